The average molecular weight is 648 g/mol. The van der Waals surface area contributed by atoms with Crippen molar-refractivity contribution >= 4 is 14.7 Å². The van der Waals surface area contributed by atoms with Gasteiger partial charge in [-0.05, 0) is 0 Å². The molecule has 5 heteroatoms. The third kappa shape index (κ3) is 17.2. The van der Waals surface area contributed by atoms with E-state index < -0.39 is 0 Å². The molecule has 2 aromatic carbocycles. The molecule has 0 aliphatic heterocycles. The van der Waals surface area contributed by atoms with Crippen LogP contribution in [0.2, 0.25) is 0 Å². The second-order valence-electron chi connectivity index (χ2n) is 11.4. The molecule has 0 nitrogen and oxygen atoms in total. The Morgan fingerprint density at radius 2 is 0.923 bits per heavy atom. The smallest absolute Gasteiger partial charge is 1.00 e. The third-order valence-corrected chi connectivity index (χ3v) is 10.9. The van der Waals surface area contributed by atoms with Crippen molar-refractivity contribution in [2.75, 3.05) is 0 Å². The van der Waals surface area contributed by atoms with Gasteiger partial charge in [0.25, 0.3) is 0 Å². The minimum absolute atomic E-state index is 0. The van der Waals surface area contributed by atoms with E-state index in [1.165, 1.54) is 120 Å². The summed E-state index contributed by atoms with van der Waals surface area (Å²) in [7, 11) is -0.307. The van der Waals surface area contributed by atoms with Crippen molar-refractivity contribution in [1.82, 2.24) is 0 Å². The maximum absolute atomic E-state index is 2.38. The fraction of sp³-hybridized carbons (Fsp3) is 0.676. The molecule has 1 atom stereocenters. The Morgan fingerprint density at radius 3 is 1.31 bits per heavy atom. The maximum Gasteiger partial charge on any atom is 4.00 e. The molecule has 0 fully saturated rings. The Bertz CT molecular complexity index is 781. The summed E-state index contributed by atoms with van der Waals surface area (Å²) in [6.45, 7) is 11.7. The normalized spacial score (nSPS) is 11.4. The topological polar surface area (TPSA) is 0 Å². The number of rotatable bonds is 20. The Hall–Kier alpha value is 0.371. The zero-order valence-electron chi connectivity index (χ0n) is 25.8. The van der Waals surface area contributed by atoms with Crippen molar-refractivity contribution in [3.8, 4) is 0 Å². The quantitative estimate of drug-likeness (QED) is 0.114. The first-order chi connectivity index (χ1) is 17.1. The van der Waals surface area contributed by atoms with E-state index >= 15 is 0 Å². The summed E-state index contributed by atoms with van der Waals surface area (Å²) >= 11 is 0. The molecule has 0 amide bonds. The van der Waals surface area contributed by atoms with Crippen LogP contribution >= 0.6 is 0 Å². The second kappa shape index (κ2) is 27.2. The molecule has 2 rings (SSSR count). The standard InChI is InChI=1S/C34H57Si.3ClH.Ti/c1-6-7-8-9-10-11-12-13-14-15-16-17-18-19-20-24-27-33(35-32-25-22-21-23-26-32)34-30(4)28(2)29(3)31(34)5;;;;/h21-23,25-26,33H,6-20,24,27,35H2,1-5H3;3*1H;/q-1;;;;+4/p-3. The van der Waals surface area contributed by atoms with Gasteiger partial charge >= 0.3 is 21.7 Å². The fourth-order valence-corrected chi connectivity index (χ4v) is 8.47. The molecule has 0 heterocycles. The summed E-state index contributed by atoms with van der Waals surface area (Å²) in [5.74, 6) is 0. The molecule has 0 saturated heterocycles. The number of unbranched alkanes of at least 4 members (excludes halogenated alkanes) is 15. The average Bonchev–Trinajstić information content (AvgIpc) is 3.06. The van der Waals surface area contributed by atoms with Crippen LogP contribution in [0.25, 0.3) is 0 Å². The summed E-state index contributed by atoms with van der Waals surface area (Å²) in [5, 5.41) is 1.63. The van der Waals surface area contributed by atoms with E-state index in [0.717, 1.165) is 5.54 Å². The van der Waals surface area contributed by atoms with Crippen LogP contribution < -0.4 is 42.4 Å². The van der Waals surface area contributed by atoms with Crippen LogP contribution in [0.15, 0.2) is 30.3 Å². The fourth-order valence-electron chi connectivity index (χ4n) is 6.05. The molecule has 1 unspecified atom stereocenters. The molecule has 0 aromatic heterocycles. The van der Waals surface area contributed by atoms with Crippen molar-refractivity contribution in [3.05, 3.63) is 58.1 Å². The van der Waals surface area contributed by atoms with Crippen LogP contribution in [0.4, 0.5) is 0 Å². The van der Waals surface area contributed by atoms with Crippen LogP contribution in [0.5, 0.6) is 0 Å². The summed E-state index contributed by atoms with van der Waals surface area (Å²) in [5.41, 5.74) is 8.77. The maximum atomic E-state index is 2.38. The predicted octanol–water partition coefficient (Wildman–Crippen LogP) is 0.836. The zero-order chi connectivity index (χ0) is 25.3. The van der Waals surface area contributed by atoms with Crippen LogP contribution in [0.1, 0.15) is 149 Å². The first-order valence-electron chi connectivity index (χ1n) is 15.3. The number of benzene rings is 1. The minimum Gasteiger partial charge on any atom is -1.00 e. The summed E-state index contributed by atoms with van der Waals surface area (Å²) < 4.78 is 0. The largest absolute Gasteiger partial charge is 4.00 e. The molecule has 2 aromatic rings. The van der Waals surface area contributed by atoms with E-state index in [1.54, 1.807) is 21.9 Å². The van der Waals surface area contributed by atoms with Crippen LogP contribution in [0.3, 0.4) is 0 Å². The molecule has 0 bridgehead atoms. The van der Waals surface area contributed by atoms with Gasteiger partial charge in [0, 0.05) is 0 Å². The van der Waals surface area contributed by atoms with Gasteiger partial charge < -0.3 is 37.2 Å². The number of hydrogen-bond donors (Lipinski definition) is 0. The van der Waals surface area contributed by atoms with Gasteiger partial charge in [-0.2, -0.15) is 27.8 Å². The van der Waals surface area contributed by atoms with Gasteiger partial charge in [0.15, 0.2) is 0 Å². The molecular formula is C34H57Cl3SiTi. The second-order valence-corrected chi connectivity index (χ2v) is 13.6. The molecule has 0 aliphatic carbocycles. The summed E-state index contributed by atoms with van der Waals surface area (Å²) in [6.07, 6.45) is 24.6. The first-order valence-corrected chi connectivity index (χ1v) is 16.9. The van der Waals surface area contributed by atoms with Gasteiger partial charge in [0.2, 0.25) is 0 Å². The molecule has 0 aliphatic rings. The van der Waals surface area contributed by atoms with Gasteiger partial charge in [-0.1, -0.05) is 185 Å². The third-order valence-electron chi connectivity index (χ3n) is 8.63. The van der Waals surface area contributed by atoms with Gasteiger partial charge in [0.05, 0.1) is 9.52 Å². The van der Waals surface area contributed by atoms with Gasteiger partial charge in [-0.25, -0.2) is 0 Å². The molecule has 0 saturated carbocycles. The van der Waals surface area contributed by atoms with Gasteiger partial charge in [0.1, 0.15) is 0 Å². The number of halogens is 3. The van der Waals surface area contributed by atoms with E-state index in [1.807, 2.05) is 0 Å². The van der Waals surface area contributed by atoms with Crippen molar-refractivity contribution in [1.29, 1.82) is 0 Å². The summed E-state index contributed by atoms with van der Waals surface area (Å²) in [6, 6.07) is 11.4. The van der Waals surface area contributed by atoms with Crippen molar-refractivity contribution < 1.29 is 58.9 Å². The molecule has 0 spiro atoms. The first kappa shape index (κ1) is 43.8. The molecule has 222 valence electrons. The Kier molecular flexibility index (Phi) is 30.6. The van der Waals surface area contributed by atoms with Crippen molar-refractivity contribution in [2.45, 2.75) is 149 Å². The summed E-state index contributed by atoms with van der Waals surface area (Å²) in [4.78, 5) is 0. The zero-order valence-corrected chi connectivity index (χ0v) is 31.1. The number of hydrogen-bond acceptors (Lipinski definition) is 0. The van der Waals surface area contributed by atoms with E-state index in [4.69, 9.17) is 0 Å². The molecule has 39 heavy (non-hydrogen) atoms. The monoisotopic (exact) mass is 646 g/mol. The molecule has 0 radical (unpaired) electrons. The van der Waals surface area contributed by atoms with Crippen LogP contribution in [0, 0.1) is 27.7 Å². The Balaban J connectivity index is -0.00000324. The van der Waals surface area contributed by atoms with E-state index in [2.05, 4.69) is 65.0 Å². The Morgan fingerprint density at radius 1 is 0.564 bits per heavy atom. The Labute approximate surface area is 279 Å². The van der Waals surface area contributed by atoms with Crippen LogP contribution in [-0.2, 0) is 21.7 Å². The van der Waals surface area contributed by atoms with Crippen molar-refractivity contribution in [2.24, 2.45) is 0 Å². The van der Waals surface area contributed by atoms with Gasteiger partial charge in [-0.3, -0.25) is 0 Å². The van der Waals surface area contributed by atoms with E-state index in [-0.39, 0.29) is 68.5 Å². The predicted molar refractivity (Wildman–Crippen MR) is 163 cm³/mol. The van der Waals surface area contributed by atoms with Crippen LogP contribution in [-0.4, -0.2) is 9.52 Å². The molecule has 0 N–H and O–H groups in total. The molecular weight excluding hydrogens is 591 g/mol. The van der Waals surface area contributed by atoms with E-state index in [0.29, 0.717) is 0 Å². The van der Waals surface area contributed by atoms with E-state index in [9.17, 15) is 0 Å². The van der Waals surface area contributed by atoms with Crippen molar-refractivity contribution in [3.63, 3.8) is 0 Å². The SMILES string of the molecule is CCCCCCCCCCCCCCCCCCC([SiH2]c1ccccc1)[c-]1c(C)c(C)c(C)c1C.[Cl-].[Cl-].[Cl-].[Ti+4]. The minimum atomic E-state index is -0.307. The van der Waals surface area contributed by atoms with Gasteiger partial charge in [-0.15, -0.1) is 0 Å².